The summed E-state index contributed by atoms with van der Waals surface area (Å²) in [5.74, 6) is 0.755. The number of anilines is 1. The molecule has 5 nitrogen and oxygen atoms in total. The minimum atomic E-state index is -1.41. The van der Waals surface area contributed by atoms with Crippen molar-refractivity contribution in [2.75, 3.05) is 5.32 Å². The summed E-state index contributed by atoms with van der Waals surface area (Å²) in [6, 6.07) is -0.415. The first-order valence-electron chi connectivity index (χ1n) is 4.88. The van der Waals surface area contributed by atoms with E-state index in [4.69, 9.17) is 11.6 Å². The predicted octanol–water partition coefficient (Wildman–Crippen LogP) is 1.39. The van der Waals surface area contributed by atoms with Crippen molar-refractivity contribution in [3.05, 3.63) is 16.0 Å². The van der Waals surface area contributed by atoms with Gasteiger partial charge < -0.3 is 15.5 Å². The first-order chi connectivity index (χ1) is 7.58. The van der Waals surface area contributed by atoms with Gasteiger partial charge in [-0.2, -0.15) is 4.98 Å². The molecule has 16 heavy (non-hydrogen) atoms. The minimum Gasteiger partial charge on any atom is -0.366 e. The maximum atomic E-state index is 9.25. The van der Waals surface area contributed by atoms with Crippen molar-refractivity contribution in [3.8, 4) is 0 Å². The predicted molar refractivity (Wildman–Crippen MR) is 63.1 cm³/mol. The number of hydrogen-bond donors (Lipinski definition) is 3. The van der Waals surface area contributed by atoms with Crippen LogP contribution in [0.25, 0.3) is 0 Å². The third-order valence-corrected chi connectivity index (χ3v) is 3.23. The van der Waals surface area contributed by atoms with Crippen molar-refractivity contribution >= 4 is 33.3 Å². The lowest BCUT2D eigenvalue weighted by atomic mass is 10.2. The van der Waals surface area contributed by atoms with Crippen LogP contribution in [-0.2, 0) is 0 Å². The van der Waals surface area contributed by atoms with E-state index in [1.165, 1.54) is 6.20 Å². The smallest absolute Gasteiger partial charge is 0.224 e. The minimum absolute atomic E-state index is 0.118. The molecular formula is C9H11BrClN3O2. The van der Waals surface area contributed by atoms with E-state index in [-0.39, 0.29) is 11.2 Å². The number of hydrogen-bond acceptors (Lipinski definition) is 5. The molecule has 0 aliphatic heterocycles. The van der Waals surface area contributed by atoms with Crippen LogP contribution in [0.1, 0.15) is 12.8 Å². The van der Waals surface area contributed by atoms with Crippen molar-refractivity contribution in [1.29, 1.82) is 0 Å². The first kappa shape index (κ1) is 12.0. The lowest BCUT2D eigenvalue weighted by Gasteiger charge is -2.21. The number of nitrogens with zero attached hydrogens (tertiary/aromatic N) is 2. The van der Waals surface area contributed by atoms with Gasteiger partial charge in [0.1, 0.15) is 5.82 Å². The zero-order chi connectivity index (χ0) is 11.7. The molecule has 1 aromatic rings. The van der Waals surface area contributed by atoms with Gasteiger partial charge in [-0.15, -0.1) is 0 Å². The Morgan fingerprint density at radius 1 is 1.50 bits per heavy atom. The number of rotatable bonds is 4. The molecule has 0 radical (unpaired) electrons. The molecule has 88 valence electrons. The Labute approximate surface area is 106 Å². The van der Waals surface area contributed by atoms with Gasteiger partial charge in [-0.1, -0.05) is 0 Å². The highest BCUT2D eigenvalue weighted by Crippen LogP contribution is 2.36. The molecule has 1 fully saturated rings. The molecule has 3 N–H and O–H groups in total. The molecule has 0 bridgehead atoms. The molecule has 2 rings (SSSR count). The van der Waals surface area contributed by atoms with Crippen LogP contribution in [0.5, 0.6) is 0 Å². The summed E-state index contributed by atoms with van der Waals surface area (Å²) in [6.07, 6.45) is 2.09. The van der Waals surface area contributed by atoms with Gasteiger partial charge in [0.05, 0.1) is 10.5 Å². The largest absolute Gasteiger partial charge is 0.366 e. The first-order valence-corrected chi connectivity index (χ1v) is 6.05. The van der Waals surface area contributed by atoms with E-state index >= 15 is 0 Å². The van der Waals surface area contributed by atoms with E-state index in [9.17, 15) is 10.2 Å². The summed E-state index contributed by atoms with van der Waals surface area (Å²) < 4.78 is 0.642. The normalized spacial score (nSPS) is 17.6. The van der Waals surface area contributed by atoms with Crippen molar-refractivity contribution in [2.24, 2.45) is 5.92 Å². The Bertz CT molecular complexity index is 385. The fraction of sp³-hybridized carbons (Fsp3) is 0.556. The average molecular weight is 309 g/mol. The van der Waals surface area contributed by atoms with Gasteiger partial charge in [0.15, 0.2) is 6.29 Å². The molecule has 0 unspecified atom stereocenters. The number of nitrogens with one attached hydrogen (secondary N) is 1. The van der Waals surface area contributed by atoms with Crippen LogP contribution >= 0.6 is 27.5 Å². The van der Waals surface area contributed by atoms with E-state index in [1.807, 2.05) is 0 Å². The number of halogens is 2. The fourth-order valence-electron chi connectivity index (χ4n) is 1.50. The number of aromatic nitrogens is 2. The van der Waals surface area contributed by atoms with Crippen molar-refractivity contribution in [2.45, 2.75) is 25.2 Å². The van der Waals surface area contributed by atoms with Crippen molar-refractivity contribution in [3.63, 3.8) is 0 Å². The van der Waals surface area contributed by atoms with Gasteiger partial charge in [0.25, 0.3) is 0 Å². The Kier molecular flexibility index (Phi) is 3.63. The van der Waals surface area contributed by atoms with Gasteiger partial charge in [-0.25, -0.2) is 4.98 Å². The summed E-state index contributed by atoms with van der Waals surface area (Å²) in [5, 5.41) is 21.6. The molecule has 1 heterocycles. The van der Waals surface area contributed by atoms with E-state index in [1.54, 1.807) is 0 Å². The van der Waals surface area contributed by atoms with Gasteiger partial charge >= 0.3 is 0 Å². The third kappa shape index (κ3) is 2.82. The maximum absolute atomic E-state index is 9.25. The number of aliphatic hydroxyl groups excluding tert-OH is 1. The van der Waals surface area contributed by atoms with Crippen molar-refractivity contribution < 1.29 is 10.2 Å². The topological polar surface area (TPSA) is 78.3 Å². The van der Waals surface area contributed by atoms with E-state index in [0.717, 1.165) is 12.8 Å². The summed E-state index contributed by atoms with van der Waals surface area (Å²) in [7, 11) is 0. The second-order valence-corrected chi connectivity index (χ2v) is 4.95. The molecule has 1 aliphatic carbocycles. The van der Waals surface area contributed by atoms with Crippen LogP contribution in [0.4, 0.5) is 5.82 Å². The highest BCUT2D eigenvalue weighted by molar-refractivity contribution is 9.10. The third-order valence-electron chi connectivity index (χ3n) is 2.47. The average Bonchev–Trinajstić information content (AvgIpc) is 3.02. The maximum Gasteiger partial charge on any atom is 0.224 e. The molecule has 0 spiro atoms. The fourth-order valence-corrected chi connectivity index (χ4v) is 1.93. The quantitative estimate of drug-likeness (QED) is 0.579. The molecule has 7 heteroatoms. The van der Waals surface area contributed by atoms with Gasteiger partial charge in [-0.05, 0) is 46.3 Å². The summed E-state index contributed by atoms with van der Waals surface area (Å²) in [6.45, 7) is 0. The lowest BCUT2D eigenvalue weighted by Crippen LogP contribution is -2.35. The summed E-state index contributed by atoms with van der Waals surface area (Å²) in [5.41, 5.74) is 0. The second-order valence-electron chi connectivity index (χ2n) is 3.76. The Hall–Kier alpha value is -0.430. The van der Waals surface area contributed by atoms with Crippen LogP contribution in [0.15, 0.2) is 10.7 Å². The molecule has 0 saturated heterocycles. The standard InChI is InChI=1S/C9H11BrClN3O2/c10-5-3-12-9(11)14-7(5)13-6(8(15)16)4-1-2-4/h3-4,6,8,15-16H,1-2H2,(H,12,13,14)/t6-/m0/s1. The number of aliphatic hydroxyl groups is 2. The Morgan fingerprint density at radius 3 is 2.75 bits per heavy atom. The molecular weight excluding hydrogens is 297 g/mol. The van der Waals surface area contributed by atoms with Crippen LogP contribution in [0.3, 0.4) is 0 Å². The highest BCUT2D eigenvalue weighted by Gasteiger charge is 2.35. The Morgan fingerprint density at radius 2 is 2.19 bits per heavy atom. The van der Waals surface area contributed by atoms with Gasteiger partial charge in [0.2, 0.25) is 5.28 Å². The van der Waals surface area contributed by atoms with Gasteiger partial charge in [-0.3, -0.25) is 0 Å². The molecule has 1 aromatic heterocycles. The molecule has 1 atom stereocenters. The monoisotopic (exact) mass is 307 g/mol. The van der Waals surface area contributed by atoms with Crippen molar-refractivity contribution in [1.82, 2.24) is 9.97 Å². The van der Waals surface area contributed by atoms with Crippen LogP contribution in [0, 0.1) is 5.92 Å². The van der Waals surface area contributed by atoms with Crippen LogP contribution < -0.4 is 5.32 Å². The Balaban J connectivity index is 2.14. The van der Waals surface area contributed by atoms with Gasteiger partial charge in [0, 0.05) is 6.20 Å². The zero-order valence-electron chi connectivity index (χ0n) is 8.27. The van der Waals surface area contributed by atoms with E-state index in [2.05, 4.69) is 31.2 Å². The van der Waals surface area contributed by atoms with E-state index < -0.39 is 12.3 Å². The molecule has 1 aliphatic rings. The second kappa shape index (κ2) is 4.83. The highest BCUT2D eigenvalue weighted by atomic mass is 79.9. The van der Waals surface area contributed by atoms with Crippen LogP contribution in [-0.4, -0.2) is 32.5 Å². The lowest BCUT2D eigenvalue weighted by molar-refractivity contribution is -0.0575. The van der Waals surface area contributed by atoms with E-state index in [0.29, 0.717) is 10.3 Å². The summed E-state index contributed by atoms with van der Waals surface area (Å²) >= 11 is 8.94. The van der Waals surface area contributed by atoms with Crippen LogP contribution in [0.2, 0.25) is 5.28 Å². The molecule has 0 aromatic carbocycles. The zero-order valence-corrected chi connectivity index (χ0v) is 10.6. The SMILES string of the molecule is OC(O)[C@@H](Nc1nc(Cl)ncc1Br)C1CC1. The summed E-state index contributed by atoms with van der Waals surface area (Å²) in [4.78, 5) is 7.77. The molecule has 0 amide bonds. The molecule has 1 saturated carbocycles.